The van der Waals surface area contributed by atoms with Gasteiger partial charge in [0.2, 0.25) is 5.91 Å². The van der Waals surface area contributed by atoms with Gasteiger partial charge in [0.1, 0.15) is 12.1 Å². The lowest BCUT2D eigenvalue weighted by Gasteiger charge is -2.34. The Kier molecular flexibility index (Phi) is 5.50. The van der Waals surface area contributed by atoms with Crippen LogP contribution in [0.4, 0.5) is 4.79 Å². The number of hydrogen-bond acceptors (Lipinski definition) is 3. The number of carbonyl (C=O) groups excluding carboxylic acids is 3. The number of urea groups is 1. The Bertz CT molecular complexity index is 979. The highest BCUT2D eigenvalue weighted by Gasteiger charge is 2.52. The fraction of sp³-hybridized carbons (Fsp3) is 0.458. The van der Waals surface area contributed by atoms with Crippen LogP contribution in [0.5, 0.6) is 0 Å². The molecule has 0 aromatic heterocycles. The van der Waals surface area contributed by atoms with Crippen molar-refractivity contribution in [2.45, 2.75) is 57.5 Å². The Morgan fingerprint density at radius 1 is 1.17 bits per heavy atom. The monoisotopic (exact) mass is 407 g/mol. The summed E-state index contributed by atoms with van der Waals surface area (Å²) >= 11 is 0. The van der Waals surface area contributed by atoms with Crippen LogP contribution in [0.2, 0.25) is 0 Å². The molecule has 158 valence electrons. The number of benzene rings is 2. The maximum atomic E-state index is 13.0. The fourth-order valence-electron chi connectivity index (χ4n) is 4.73. The van der Waals surface area contributed by atoms with Gasteiger partial charge in [-0.2, -0.15) is 0 Å². The zero-order chi connectivity index (χ0) is 21.3. The molecule has 1 aliphatic carbocycles. The Morgan fingerprint density at radius 2 is 1.87 bits per heavy atom. The molecule has 1 atom stereocenters. The van der Waals surface area contributed by atoms with Crippen LogP contribution >= 0.6 is 0 Å². The molecule has 2 aliphatic rings. The van der Waals surface area contributed by atoms with Crippen LogP contribution in [0.25, 0.3) is 10.8 Å². The molecule has 1 unspecified atom stereocenters. The third-order valence-corrected chi connectivity index (χ3v) is 6.73. The standard InChI is InChI=1S/C24H29N3O3/c1-3-17-10-12-24(13-11-17)22(29)27(23(30)26-24)15-21(28)25-16(2)19-9-8-18-6-4-5-7-20(18)14-19/h4-9,14,16-17H,3,10-13,15H2,1-2H3,(H,25,28)(H,26,30). The highest BCUT2D eigenvalue weighted by atomic mass is 16.2. The summed E-state index contributed by atoms with van der Waals surface area (Å²) in [5.41, 5.74) is 0.168. The SMILES string of the molecule is CCC1CCC2(CC1)NC(=O)N(CC(=O)NC(C)c1ccc3ccccc3c1)C2=O. The summed E-state index contributed by atoms with van der Waals surface area (Å²) in [5, 5.41) is 8.05. The van der Waals surface area contributed by atoms with Crippen molar-refractivity contribution in [2.24, 2.45) is 5.92 Å². The Labute approximate surface area is 177 Å². The van der Waals surface area contributed by atoms with Crippen LogP contribution in [0, 0.1) is 5.92 Å². The molecule has 2 fully saturated rings. The minimum absolute atomic E-state index is 0.225. The summed E-state index contributed by atoms with van der Waals surface area (Å²) in [4.78, 5) is 39.1. The van der Waals surface area contributed by atoms with Crippen molar-refractivity contribution in [2.75, 3.05) is 6.54 Å². The highest BCUT2D eigenvalue weighted by Crippen LogP contribution is 2.37. The average molecular weight is 408 g/mol. The van der Waals surface area contributed by atoms with Crippen molar-refractivity contribution in [3.8, 4) is 0 Å². The van der Waals surface area contributed by atoms with Crippen molar-refractivity contribution >= 4 is 28.6 Å². The summed E-state index contributed by atoms with van der Waals surface area (Å²) < 4.78 is 0. The number of nitrogens with zero attached hydrogens (tertiary/aromatic N) is 1. The van der Waals surface area contributed by atoms with Crippen LogP contribution in [-0.4, -0.2) is 34.8 Å². The van der Waals surface area contributed by atoms with Crippen LogP contribution in [0.1, 0.15) is 57.6 Å². The molecule has 6 nitrogen and oxygen atoms in total. The summed E-state index contributed by atoms with van der Waals surface area (Å²) in [5.74, 6) is 0.0227. The second-order valence-electron chi connectivity index (χ2n) is 8.65. The molecule has 1 spiro atoms. The molecule has 2 N–H and O–H groups in total. The second kappa shape index (κ2) is 8.09. The van der Waals surface area contributed by atoms with Gasteiger partial charge >= 0.3 is 6.03 Å². The molecule has 2 aromatic carbocycles. The molecule has 1 heterocycles. The zero-order valence-electron chi connectivity index (χ0n) is 17.6. The Morgan fingerprint density at radius 3 is 2.57 bits per heavy atom. The van der Waals surface area contributed by atoms with E-state index in [1.54, 1.807) is 0 Å². The topological polar surface area (TPSA) is 78.5 Å². The van der Waals surface area contributed by atoms with Crippen molar-refractivity contribution in [3.63, 3.8) is 0 Å². The van der Waals surface area contributed by atoms with E-state index in [0.29, 0.717) is 18.8 Å². The zero-order valence-corrected chi connectivity index (χ0v) is 17.6. The van der Waals surface area contributed by atoms with E-state index in [2.05, 4.69) is 23.6 Å². The molecule has 0 radical (unpaired) electrons. The van der Waals surface area contributed by atoms with Gasteiger partial charge in [-0.05, 0) is 60.9 Å². The lowest BCUT2D eigenvalue weighted by atomic mass is 9.75. The van der Waals surface area contributed by atoms with Crippen LogP contribution in [-0.2, 0) is 9.59 Å². The van der Waals surface area contributed by atoms with Crippen LogP contribution < -0.4 is 10.6 Å². The number of nitrogens with one attached hydrogen (secondary N) is 2. The van der Waals surface area contributed by atoms with Gasteiger partial charge in [-0.3, -0.25) is 14.5 Å². The quantitative estimate of drug-likeness (QED) is 0.738. The Balaban J connectivity index is 1.39. The molecule has 30 heavy (non-hydrogen) atoms. The smallest absolute Gasteiger partial charge is 0.325 e. The molecule has 0 bridgehead atoms. The van der Waals surface area contributed by atoms with Gasteiger partial charge in [0.25, 0.3) is 5.91 Å². The third-order valence-electron chi connectivity index (χ3n) is 6.73. The van der Waals surface area contributed by atoms with E-state index in [0.717, 1.165) is 40.5 Å². The van der Waals surface area contributed by atoms with E-state index in [4.69, 9.17) is 0 Å². The maximum Gasteiger partial charge on any atom is 0.325 e. The molecule has 1 aliphatic heterocycles. The van der Waals surface area contributed by atoms with Gasteiger partial charge in [0.15, 0.2) is 0 Å². The van der Waals surface area contributed by atoms with E-state index >= 15 is 0 Å². The van der Waals surface area contributed by atoms with E-state index in [1.807, 2.05) is 43.3 Å². The van der Waals surface area contributed by atoms with Gasteiger partial charge in [-0.1, -0.05) is 49.7 Å². The molecule has 4 rings (SSSR count). The number of carbonyl (C=O) groups is 3. The van der Waals surface area contributed by atoms with E-state index < -0.39 is 11.6 Å². The maximum absolute atomic E-state index is 13.0. The number of hydrogen-bond donors (Lipinski definition) is 2. The molecule has 1 saturated carbocycles. The third kappa shape index (κ3) is 3.78. The predicted octanol–water partition coefficient (Wildman–Crippen LogP) is 3.91. The van der Waals surface area contributed by atoms with Crippen molar-refractivity contribution in [3.05, 3.63) is 48.0 Å². The Hall–Kier alpha value is -2.89. The van der Waals surface area contributed by atoms with Gasteiger partial charge in [-0.25, -0.2) is 4.79 Å². The predicted molar refractivity (Wildman–Crippen MR) is 116 cm³/mol. The fourth-order valence-corrected chi connectivity index (χ4v) is 4.73. The normalized spacial score (nSPS) is 24.9. The van der Waals surface area contributed by atoms with Gasteiger partial charge < -0.3 is 10.6 Å². The summed E-state index contributed by atoms with van der Waals surface area (Å²) in [6.07, 6.45) is 4.27. The van der Waals surface area contributed by atoms with Gasteiger partial charge in [0, 0.05) is 0 Å². The van der Waals surface area contributed by atoms with Gasteiger partial charge in [0.05, 0.1) is 6.04 Å². The minimum Gasteiger partial charge on any atom is -0.348 e. The second-order valence-corrected chi connectivity index (χ2v) is 8.65. The van der Waals surface area contributed by atoms with E-state index in [1.165, 1.54) is 0 Å². The minimum atomic E-state index is -0.813. The largest absolute Gasteiger partial charge is 0.348 e. The summed E-state index contributed by atoms with van der Waals surface area (Å²) in [6, 6.07) is 13.4. The molecule has 4 amide bonds. The average Bonchev–Trinajstić information content (AvgIpc) is 2.98. The van der Waals surface area contributed by atoms with Gasteiger partial charge in [-0.15, -0.1) is 0 Å². The number of imide groups is 1. The first kappa shape index (κ1) is 20.4. The van der Waals surface area contributed by atoms with E-state index in [-0.39, 0.29) is 24.4 Å². The first-order valence-electron chi connectivity index (χ1n) is 10.8. The van der Waals surface area contributed by atoms with E-state index in [9.17, 15) is 14.4 Å². The molecule has 2 aromatic rings. The lowest BCUT2D eigenvalue weighted by Crippen LogP contribution is -2.50. The van der Waals surface area contributed by atoms with Crippen LogP contribution in [0.15, 0.2) is 42.5 Å². The first-order valence-corrected chi connectivity index (χ1v) is 10.8. The van der Waals surface area contributed by atoms with Crippen LogP contribution in [0.3, 0.4) is 0 Å². The summed E-state index contributed by atoms with van der Waals surface area (Å²) in [6.45, 7) is 3.81. The van der Waals surface area contributed by atoms with Crippen molar-refractivity contribution in [1.29, 1.82) is 0 Å². The molecular formula is C24H29N3O3. The number of fused-ring (bicyclic) bond motifs is 1. The number of amides is 4. The first-order chi connectivity index (χ1) is 14.4. The van der Waals surface area contributed by atoms with Crippen molar-refractivity contribution in [1.82, 2.24) is 15.5 Å². The van der Waals surface area contributed by atoms with Crippen molar-refractivity contribution < 1.29 is 14.4 Å². The molecule has 6 heteroatoms. The molecule has 1 saturated heterocycles. The summed E-state index contributed by atoms with van der Waals surface area (Å²) in [7, 11) is 0. The highest BCUT2D eigenvalue weighted by molar-refractivity contribution is 6.09. The molecular weight excluding hydrogens is 378 g/mol. The number of rotatable bonds is 5. The lowest BCUT2D eigenvalue weighted by molar-refractivity contribution is -0.136.